The second-order valence-electron chi connectivity index (χ2n) is 5.34. The van der Waals surface area contributed by atoms with Gasteiger partial charge < -0.3 is 5.11 Å². The molecule has 0 amide bonds. The number of hydrogen-bond acceptors (Lipinski definition) is 2. The van der Waals surface area contributed by atoms with Gasteiger partial charge in [-0.1, -0.05) is 13.8 Å². The standard InChI is InChI=1S/C16H19F3O3/c1-5-15(6-2,10(4)20)13-8-11(16(17,18)19)7-12(9(13)3)14(21)22/h7-8H,5-6H2,1-4H3,(H,21,22). The number of benzene rings is 1. The average molecular weight is 316 g/mol. The third-order valence-corrected chi connectivity index (χ3v) is 4.36. The SMILES string of the molecule is CCC(CC)(C(C)=O)c1cc(C(F)(F)F)cc(C(=O)O)c1C. The Morgan fingerprint density at radius 1 is 1.14 bits per heavy atom. The summed E-state index contributed by atoms with van der Waals surface area (Å²) in [5, 5.41) is 9.18. The molecule has 1 N–H and O–H groups in total. The first kappa shape index (κ1) is 18.2. The number of hydrogen-bond donors (Lipinski definition) is 1. The lowest BCUT2D eigenvalue weighted by molar-refractivity contribution is -0.138. The van der Waals surface area contributed by atoms with Crippen molar-refractivity contribution in [2.24, 2.45) is 0 Å². The average Bonchev–Trinajstić information content (AvgIpc) is 2.40. The van der Waals surface area contributed by atoms with Crippen molar-refractivity contribution in [2.45, 2.75) is 52.1 Å². The van der Waals surface area contributed by atoms with Crippen LogP contribution in [0.25, 0.3) is 0 Å². The molecule has 0 saturated carbocycles. The van der Waals surface area contributed by atoms with E-state index in [9.17, 15) is 27.9 Å². The third kappa shape index (κ3) is 3.00. The van der Waals surface area contributed by atoms with Crippen molar-refractivity contribution in [3.8, 4) is 0 Å². The highest BCUT2D eigenvalue weighted by atomic mass is 19.4. The number of aromatic carboxylic acids is 1. The number of carboxylic acid groups (broad SMARTS) is 1. The van der Waals surface area contributed by atoms with Gasteiger partial charge in [-0.25, -0.2) is 4.79 Å². The van der Waals surface area contributed by atoms with Crippen LogP contribution in [0.5, 0.6) is 0 Å². The molecule has 0 aromatic heterocycles. The lowest BCUT2D eigenvalue weighted by Gasteiger charge is -2.32. The first-order valence-corrected chi connectivity index (χ1v) is 6.97. The zero-order valence-electron chi connectivity index (χ0n) is 13.0. The molecule has 6 heteroatoms. The summed E-state index contributed by atoms with van der Waals surface area (Å²) in [7, 11) is 0. The van der Waals surface area contributed by atoms with Gasteiger partial charge in [-0.05, 0) is 49.9 Å². The normalized spacial score (nSPS) is 12.3. The molecule has 0 aliphatic carbocycles. The number of halogens is 3. The lowest BCUT2D eigenvalue weighted by atomic mass is 9.70. The van der Waals surface area contributed by atoms with Gasteiger partial charge in [0.1, 0.15) is 5.78 Å². The van der Waals surface area contributed by atoms with Gasteiger partial charge in [0.05, 0.1) is 16.5 Å². The molecule has 1 rings (SSSR count). The molecular weight excluding hydrogens is 297 g/mol. The maximum atomic E-state index is 13.1. The summed E-state index contributed by atoms with van der Waals surface area (Å²) in [5.74, 6) is -1.70. The quantitative estimate of drug-likeness (QED) is 0.878. The summed E-state index contributed by atoms with van der Waals surface area (Å²) in [6, 6.07) is 1.54. The Hall–Kier alpha value is -1.85. The van der Waals surface area contributed by atoms with E-state index in [0.717, 1.165) is 6.07 Å². The highest BCUT2D eigenvalue weighted by molar-refractivity contribution is 5.93. The van der Waals surface area contributed by atoms with Crippen LogP contribution in [0.4, 0.5) is 13.2 Å². The number of rotatable bonds is 5. The van der Waals surface area contributed by atoms with E-state index >= 15 is 0 Å². The van der Waals surface area contributed by atoms with Gasteiger partial charge in [-0.2, -0.15) is 13.2 Å². The summed E-state index contributed by atoms with van der Waals surface area (Å²) in [6.45, 7) is 6.20. The Kier molecular flexibility index (Phi) is 5.05. The minimum absolute atomic E-state index is 0.150. The third-order valence-electron chi connectivity index (χ3n) is 4.36. The van der Waals surface area contributed by atoms with Crippen molar-refractivity contribution in [2.75, 3.05) is 0 Å². The van der Waals surface area contributed by atoms with Crippen LogP contribution in [-0.4, -0.2) is 16.9 Å². The Morgan fingerprint density at radius 3 is 1.95 bits per heavy atom. The van der Waals surface area contributed by atoms with E-state index in [2.05, 4.69) is 0 Å². The molecule has 1 aromatic carbocycles. The van der Waals surface area contributed by atoms with Gasteiger partial charge in [0.2, 0.25) is 0 Å². The minimum Gasteiger partial charge on any atom is -0.478 e. The van der Waals surface area contributed by atoms with Crippen LogP contribution in [0.15, 0.2) is 12.1 Å². The fraction of sp³-hybridized carbons (Fsp3) is 0.500. The minimum atomic E-state index is -4.67. The molecule has 122 valence electrons. The smallest absolute Gasteiger partial charge is 0.416 e. The molecule has 0 fully saturated rings. The van der Waals surface area contributed by atoms with Crippen molar-refractivity contribution >= 4 is 11.8 Å². The first-order valence-electron chi connectivity index (χ1n) is 6.97. The number of ketones is 1. The molecule has 22 heavy (non-hydrogen) atoms. The van der Waals surface area contributed by atoms with Gasteiger partial charge in [0.15, 0.2) is 0 Å². The topological polar surface area (TPSA) is 54.4 Å². The second-order valence-corrected chi connectivity index (χ2v) is 5.34. The summed E-state index contributed by atoms with van der Waals surface area (Å²) < 4.78 is 39.2. The molecular formula is C16H19F3O3. The fourth-order valence-electron chi connectivity index (χ4n) is 2.92. The number of carboxylic acids is 1. The van der Waals surface area contributed by atoms with E-state index in [1.807, 2.05) is 0 Å². The fourth-order valence-corrected chi connectivity index (χ4v) is 2.92. The van der Waals surface area contributed by atoms with E-state index in [-0.39, 0.29) is 16.9 Å². The van der Waals surface area contributed by atoms with E-state index in [4.69, 9.17) is 0 Å². The molecule has 0 bridgehead atoms. The van der Waals surface area contributed by atoms with Crippen LogP contribution >= 0.6 is 0 Å². The molecule has 0 unspecified atom stereocenters. The van der Waals surface area contributed by atoms with Crippen LogP contribution in [0.2, 0.25) is 0 Å². The van der Waals surface area contributed by atoms with Crippen LogP contribution in [-0.2, 0) is 16.4 Å². The zero-order valence-corrected chi connectivity index (χ0v) is 13.0. The van der Waals surface area contributed by atoms with E-state index < -0.39 is 28.7 Å². The predicted octanol–water partition coefficient (Wildman–Crippen LogP) is 4.36. The van der Waals surface area contributed by atoms with Crippen molar-refractivity contribution < 1.29 is 27.9 Å². The van der Waals surface area contributed by atoms with Crippen LogP contribution < -0.4 is 0 Å². The van der Waals surface area contributed by atoms with Gasteiger partial charge in [0.25, 0.3) is 0 Å². The summed E-state index contributed by atoms with van der Waals surface area (Å²) in [6.07, 6.45) is -4.06. The second kappa shape index (κ2) is 6.10. The number of Topliss-reactive ketones (excluding diaryl/α,β-unsaturated/α-hetero) is 1. The molecule has 3 nitrogen and oxygen atoms in total. The van der Waals surface area contributed by atoms with Gasteiger partial charge in [0, 0.05) is 0 Å². The Labute approximate surface area is 127 Å². The predicted molar refractivity (Wildman–Crippen MR) is 76.1 cm³/mol. The van der Waals surface area contributed by atoms with Crippen molar-refractivity contribution in [1.82, 2.24) is 0 Å². The molecule has 0 aliphatic heterocycles. The molecule has 0 heterocycles. The zero-order chi connectivity index (χ0) is 17.3. The van der Waals surface area contributed by atoms with E-state index in [1.54, 1.807) is 13.8 Å². The number of carbonyl (C=O) groups excluding carboxylic acids is 1. The van der Waals surface area contributed by atoms with Crippen LogP contribution in [0.3, 0.4) is 0 Å². The molecule has 0 aliphatic rings. The molecule has 0 radical (unpaired) electrons. The van der Waals surface area contributed by atoms with Gasteiger partial charge in [-0.3, -0.25) is 4.79 Å². The Balaban J connectivity index is 3.83. The molecule has 0 saturated heterocycles. The highest BCUT2D eigenvalue weighted by Gasteiger charge is 2.39. The summed E-state index contributed by atoms with van der Waals surface area (Å²) in [4.78, 5) is 23.4. The lowest BCUT2D eigenvalue weighted by Crippen LogP contribution is -2.34. The van der Waals surface area contributed by atoms with Gasteiger partial charge in [-0.15, -0.1) is 0 Å². The van der Waals surface area contributed by atoms with E-state index in [1.165, 1.54) is 13.8 Å². The Morgan fingerprint density at radius 2 is 1.64 bits per heavy atom. The number of carbonyl (C=O) groups is 2. The molecule has 0 atom stereocenters. The monoisotopic (exact) mass is 316 g/mol. The van der Waals surface area contributed by atoms with Crippen LogP contribution in [0.1, 0.15) is 60.7 Å². The Bertz CT molecular complexity index is 599. The maximum Gasteiger partial charge on any atom is 0.416 e. The first-order chi connectivity index (χ1) is 10.0. The summed E-state index contributed by atoms with van der Waals surface area (Å²) in [5.41, 5.74) is -2.21. The maximum absolute atomic E-state index is 13.1. The highest BCUT2D eigenvalue weighted by Crippen LogP contribution is 2.40. The van der Waals surface area contributed by atoms with Crippen molar-refractivity contribution in [3.63, 3.8) is 0 Å². The van der Waals surface area contributed by atoms with Crippen molar-refractivity contribution in [1.29, 1.82) is 0 Å². The molecule has 0 spiro atoms. The van der Waals surface area contributed by atoms with E-state index in [0.29, 0.717) is 18.9 Å². The largest absolute Gasteiger partial charge is 0.478 e. The number of alkyl halides is 3. The van der Waals surface area contributed by atoms with Crippen molar-refractivity contribution in [3.05, 3.63) is 34.4 Å². The van der Waals surface area contributed by atoms with Crippen LogP contribution in [0, 0.1) is 6.92 Å². The van der Waals surface area contributed by atoms with Gasteiger partial charge >= 0.3 is 12.1 Å². The molecule has 1 aromatic rings. The summed E-state index contributed by atoms with van der Waals surface area (Å²) >= 11 is 0.